The van der Waals surface area contributed by atoms with Gasteiger partial charge in [-0.25, -0.2) is 0 Å². The van der Waals surface area contributed by atoms with Gasteiger partial charge in [-0.15, -0.1) is 0 Å². The van der Waals surface area contributed by atoms with Crippen molar-refractivity contribution in [3.05, 3.63) is 42.1 Å². The van der Waals surface area contributed by atoms with Crippen LogP contribution in [-0.2, 0) is 6.54 Å². The van der Waals surface area contributed by atoms with Gasteiger partial charge < -0.3 is 5.32 Å². The first kappa shape index (κ1) is 12.6. The van der Waals surface area contributed by atoms with Crippen LogP contribution < -0.4 is 5.32 Å². The molecule has 0 bridgehead atoms. The lowest BCUT2D eigenvalue weighted by molar-refractivity contribution is 0.123. The molecule has 0 amide bonds. The van der Waals surface area contributed by atoms with Crippen LogP contribution in [0.15, 0.2) is 36.4 Å². The summed E-state index contributed by atoms with van der Waals surface area (Å²) in [5.74, 6) is 0. The summed E-state index contributed by atoms with van der Waals surface area (Å²) in [6.45, 7) is 4.33. The summed E-state index contributed by atoms with van der Waals surface area (Å²) in [7, 11) is 0. The van der Waals surface area contributed by atoms with Crippen molar-refractivity contribution in [3.63, 3.8) is 0 Å². The van der Waals surface area contributed by atoms with Crippen molar-refractivity contribution in [3.8, 4) is 0 Å². The molecule has 1 aromatic carbocycles. The van der Waals surface area contributed by atoms with E-state index >= 15 is 0 Å². The number of nitrogens with one attached hydrogen (secondary N) is 1. The van der Waals surface area contributed by atoms with E-state index in [1.54, 1.807) is 0 Å². The summed E-state index contributed by atoms with van der Waals surface area (Å²) in [5.41, 5.74) is 2.82. The van der Waals surface area contributed by atoms with Crippen molar-refractivity contribution in [2.24, 2.45) is 5.41 Å². The molecule has 0 unspecified atom stereocenters. The molecule has 0 spiro atoms. The minimum atomic E-state index is 0.580. The molecular formula is C17H22N2. The second kappa shape index (κ2) is 5.30. The largest absolute Gasteiger partial charge is 0.311 e. The molecule has 2 aromatic rings. The summed E-state index contributed by atoms with van der Waals surface area (Å²) in [6.07, 6.45) is 5.48. The zero-order valence-corrected chi connectivity index (χ0v) is 11.7. The third-order valence-electron chi connectivity index (χ3n) is 4.63. The molecule has 0 aliphatic heterocycles. The van der Waals surface area contributed by atoms with Gasteiger partial charge in [0.2, 0.25) is 0 Å². The number of aromatic nitrogens is 1. The van der Waals surface area contributed by atoms with E-state index in [9.17, 15) is 0 Å². The minimum Gasteiger partial charge on any atom is -0.311 e. The van der Waals surface area contributed by atoms with E-state index < -0.39 is 0 Å². The Balaban J connectivity index is 1.62. The highest BCUT2D eigenvalue weighted by Crippen LogP contribution is 2.43. The molecule has 1 aromatic heterocycles. The summed E-state index contributed by atoms with van der Waals surface area (Å²) in [6, 6.07) is 12.6. The van der Waals surface area contributed by atoms with Gasteiger partial charge >= 0.3 is 0 Å². The van der Waals surface area contributed by atoms with Crippen molar-refractivity contribution in [2.45, 2.75) is 39.2 Å². The van der Waals surface area contributed by atoms with Gasteiger partial charge in [0, 0.05) is 18.5 Å². The highest BCUT2D eigenvalue weighted by Gasteiger charge is 2.34. The topological polar surface area (TPSA) is 24.9 Å². The Bertz CT molecular complexity index is 552. The van der Waals surface area contributed by atoms with Crippen molar-refractivity contribution in [1.29, 1.82) is 0 Å². The molecule has 0 radical (unpaired) electrons. The SMILES string of the molecule is CCC1(CNCc2ccc3ccccc3n2)CCC1. The van der Waals surface area contributed by atoms with Crippen molar-refractivity contribution in [2.75, 3.05) is 6.54 Å². The molecule has 19 heavy (non-hydrogen) atoms. The first-order chi connectivity index (χ1) is 9.31. The van der Waals surface area contributed by atoms with Crippen molar-refractivity contribution < 1.29 is 0 Å². The van der Waals surface area contributed by atoms with Crippen LogP contribution >= 0.6 is 0 Å². The number of rotatable bonds is 5. The van der Waals surface area contributed by atoms with Crippen molar-refractivity contribution >= 4 is 10.9 Å². The van der Waals surface area contributed by atoms with E-state index in [1.807, 2.05) is 6.07 Å². The highest BCUT2D eigenvalue weighted by atomic mass is 14.9. The fourth-order valence-corrected chi connectivity index (χ4v) is 2.99. The van der Waals surface area contributed by atoms with Gasteiger partial charge in [0.15, 0.2) is 0 Å². The van der Waals surface area contributed by atoms with E-state index in [2.05, 4.69) is 42.6 Å². The Morgan fingerprint density at radius 1 is 1.16 bits per heavy atom. The number of para-hydroxylation sites is 1. The fourth-order valence-electron chi connectivity index (χ4n) is 2.99. The standard InChI is InChI=1S/C17H22N2/c1-2-17(10-5-11-17)13-18-12-15-9-8-14-6-3-4-7-16(14)19-15/h3-4,6-9,18H,2,5,10-13H2,1H3. The van der Waals surface area contributed by atoms with E-state index in [0.717, 1.165) is 24.3 Å². The lowest BCUT2D eigenvalue weighted by Crippen LogP contribution is -2.39. The Labute approximate surface area is 115 Å². The van der Waals surface area contributed by atoms with Crippen LogP contribution in [0.4, 0.5) is 0 Å². The molecule has 2 heteroatoms. The summed E-state index contributed by atoms with van der Waals surface area (Å²) < 4.78 is 0. The zero-order valence-electron chi connectivity index (χ0n) is 11.7. The maximum atomic E-state index is 4.70. The molecule has 1 saturated carbocycles. The molecule has 2 nitrogen and oxygen atoms in total. The van der Waals surface area contributed by atoms with Gasteiger partial charge in [-0.3, -0.25) is 4.98 Å². The Hall–Kier alpha value is -1.41. The van der Waals surface area contributed by atoms with Crippen LogP contribution in [0.2, 0.25) is 0 Å². The van der Waals surface area contributed by atoms with Crippen LogP contribution in [0, 0.1) is 5.41 Å². The number of fused-ring (bicyclic) bond motifs is 1. The van der Waals surface area contributed by atoms with Crippen LogP contribution in [0.5, 0.6) is 0 Å². The van der Waals surface area contributed by atoms with Crippen LogP contribution in [-0.4, -0.2) is 11.5 Å². The average Bonchev–Trinajstić information content (AvgIpc) is 2.42. The van der Waals surface area contributed by atoms with Gasteiger partial charge in [-0.1, -0.05) is 37.6 Å². The molecular weight excluding hydrogens is 232 g/mol. The number of pyridine rings is 1. The van der Waals surface area contributed by atoms with Gasteiger partial charge in [-0.2, -0.15) is 0 Å². The number of hydrogen-bond acceptors (Lipinski definition) is 2. The molecule has 100 valence electrons. The Kier molecular flexibility index (Phi) is 3.52. The monoisotopic (exact) mass is 254 g/mol. The van der Waals surface area contributed by atoms with Gasteiger partial charge in [0.1, 0.15) is 0 Å². The molecule has 3 rings (SSSR count). The fraction of sp³-hybridized carbons (Fsp3) is 0.471. The summed E-state index contributed by atoms with van der Waals surface area (Å²) in [5, 5.41) is 4.82. The van der Waals surface area contributed by atoms with Gasteiger partial charge in [0.25, 0.3) is 0 Å². The second-order valence-corrected chi connectivity index (χ2v) is 5.81. The van der Waals surface area contributed by atoms with Crippen LogP contribution in [0.25, 0.3) is 10.9 Å². The average molecular weight is 254 g/mol. The smallest absolute Gasteiger partial charge is 0.0705 e. The predicted octanol–water partition coefficient (Wildman–Crippen LogP) is 3.90. The van der Waals surface area contributed by atoms with Gasteiger partial charge in [0.05, 0.1) is 11.2 Å². The lowest BCUT2D eigenvalue weighted by atomic mass is 9.67. The molecule has 1 fully saturated rings. The molecule has 0 saturated heterocycles. The molecule has 0 atom stereocenters. The van der Waals surface area contributed by atoms with E-state index in [1.165, 1.54) is 31.1 Å². The first-order valence-electron chi connectivity index (χ1n) is 7.37. The second-order valence-electron chi connectivity index (χ2n) is 5.81. The maximum absolute atomic E-state index is 4.70. The number of nitrogens with zero attached hydrogens (tertiary/aromatic N) is 1. The highest BCUT2D eigenvalue weighted by molar-refractivity contribution is 5.78. The molecule has 1 N–H and O–H groups in total. The quantitative estimate of drug-likeness (QED) is 0.875. The first-order valence-corrected chi connectivity index (χ1v) is 7.37. The predicted molar refractivity (Wildman–Crippen MR) is 80.0 cm³/mol. The normalized spacial score (nSPS) is 17.3. The van der Waals surface area contributed by atoms with Crippen LogP contribution in [0.3, 0.4) is 0 Å². The van der Waals surface area contributed by atoms with E-state index in [4.69, 9.17) is 4.98 Å². The minimum absolute atomic E-state index is 0.580. The van der Waals surface area contributed by atoms with Gasteiger partial charge in [-0.05, 0) is 36.8 Å². The molecule has 1 aliphatic carbocycles. The van der Waals surface area contributed by atoms with E-state index in [-0.39, 0.29) is 0 Å². The zero-order chi connectivity index (χ0) is 13.1. The Morgan fingerprint density at radius 2 is 2.00 bits per heavy atom. The maximum Gasteiger partial charge on any atom is 0.0705 e. The summed E-state index contributed by atoms with van der Waals surface area (Å²) >= 11 is 0. The third-order valence-corrected chi connectivity index (χ3v) is 4.63. The van der Waals surface area contributed by atoms with Crippen LogP contribution in [0.1, 0.15) is 38.3 Å². The number of hydrogen-bond donors (Lipinski definition) is 1. The number of benzene rings is 1. The molecule has 1 heterocycles. The third kappa shape index (κ3) is 2.64. The van der Waals surface area contributed by atoms with E-state index in [0.29, 0.717) is 5.41 Å². The molecule has 1 aliphatic rings. The van der Waals surface area contributed by atoms with Crippen molar-refractivity contribution in [1.82, 2.24) is 10.3 Å². The lowest BCUT2D eigenvalue weighted by Gasteiger charge is -2.41. The summed E-state index contributed by atoms with van der Waals surface area (Å²) in [4.78, 5) is 4.70. The Morgan fingerprint density at radius 3 is 2.74 bits per heavy atom.